The lowest BCUT2D eigenvalue weighted by atomic mass is 10.2. The van der Waals surface area contributed by atoms with E-state index in [9.17, 15) is 9.59 Å². The molecule has 0 aliphatic heterocycles. The van der Waals surface area contributed by atoms with Crippen molar-refractivity contribution < 1.29 is 14.7 Å². The molecule has 0 saturated carbocycles. The van der Waals surface area contributed by atoms with Crippen molar-refractivity contribution in [1.82, 2.24) is 0 Å². The summed E-state index contributed by atoms with van der Waals surface area (Å²) in [6.07, 6.45) is 0.956. The van der Waals surface area contributed by atoms with Gasteiger partial charge in [-0.15, -0.1) is 0 Å². The highest BCUT2D eigenvalue weighted by Gasteiger charge is 1.98. The first-order chi connectivity index (χ1) is 3.63. The van der Waals surface area contributed by atoms with Crippen molar-refractivity contribution in [3.8, 4) is 0 Å². The van der Waals surface area contributed by atoms with Gasteiger partial charge in [-0.05, 0) is 6.92 Å². The van der Waals surface area contributed by atoms with E-state index in [0.29, 0.717) is 0 Å². The summed E-state index contributed by atoms with van der Waals surface area (Å²) in [5.41, 5.74) is 0. The Bertz CT molecular complexity index is 92.2. The third-order valence-corrected chi connectivity index (χ3v) is 0.564. The van der Waals surface area contributed by atoms with E-state index >= 15 is 0 Å². The molecule has 3 nitrogen and oxygen atoms in total. The minimum atomic E-state index is -0.972. The molecule has 0 aromatic rings. The Kier molecular flexibility index (Phi) is 2.84. The van der Waals surface area contributed by atoms with Crippen LogP contribution in [0.15, 0.2) is 0 Å². The first-order valence-electron chi connectivity index (χ1n) is 2.18. The maximum atomic E-state index is 10.0. The average Bonchev–Trinajstić information content (AvgIpc) is 1.61. The van der Waals surface area contributed by atoms with Gasteiger partial charge in [-0.1, -0.05) is 0 Å². The number of hydrogen-bond acceptors (Lipinski definition) is 2. The summed E-state index contributed by atoms with van der Waals surface area (Å²) in [5.74, 6) is -1.17. The fourth-order valence-corrected chi connectivity index (χ4v) is 0.231. The van der Waals surface area contributed by atoms with Gasteiger partial charge in [0.1, 0.15) is 5.78 Å². The Morgan fingerprint density at radius 2 is 2.12 bits per heavy atom. The molecule has 0 rings (SSSR count). The normalized spacial score (nSPS) is 8.62. The maximum Gasteiger partial charge on any atom is 0.304 e. The molecule has 0 heterocycles. The van der Waals surface area contributed by atoms with Crippen LogP contribution in [0.25, 0.3) is 0 Å². The van der Waals surface area contributed by atoms with Gasteiger partial charge >= 0.3 is 5.97 Å². The number of Topliss-reactive ketones (excluding diaryl/α,β-unsaturated/α-hetero) is 1. The van der Waals surface area contributed by atoms with Gasteiger partial charge in [-0.2, -0.15) is 0 Å². The Morgan fingerprint density at radius 3 is 2.25 bits per heavy atom. The van der Waals surface area contributed by atoms with Crippen molar-refractivity contribution in [2.24, 2.45) is 0 Å². The molecule has 0 bridgehead atoms. The van der Waals surface area contributed by atoms with E-state index in [1.54, 1.807) is 0 Å². The summed E-state index contributed by atoms with van der Waals surface area (Å²) in [4.78, 5) is 19.7. The minimum Gasteiger partial charge on any atom is -0.481 e. The van der Waals surface area contributed by atoms with Crippen LogP contribution in [-0.4, -0.2) is 16.9 Å². The van der Waals surface area contributed by atoms with Crippen molar-refractivity contribution in [3.05, 3.63) is 6.42 Å². The molecule has 0 aliphatic carbocycles. The molecule has 1 N–H and O–H groups in total. The second-order valence-corrected chi connectivity index (χ2v) is 1.41. The Balaban J connectivity index is 3.18. The number of carboxylic acids is 1. The average molecular weight is 115 g/mol. The fraction of sp³-hybridized carbons (Fsp3) is 0.400. The first kappa shape index (κ1) is 7.14. The highest BCUT2D eigenvalue weighted by molar-refractivity contribution is 5.88. The van der Waals surface area contributed by atoms with Crippen molar-refractivity contribution in [2.45, 2.75) is 13.3 Å². The highest BCUT2D eigenvalue weighted by atomic mass is 16.4. The zero-order valence-electron chi connectivity index (χ0n) is 4.55. The lowest BCUT2D eigenvalue weighted by molar-refractivity contribution is -0.137. The summed E-state index contributed by atoms with van der Waals surface area (Å²) in [6, 6.07) is 0. The third kappa shape index (κ3) is 5.14. The molecule has 0 aromatic carbocycles. The van der Waals surface area contributed by atoms with Crippen LogP contribution in [0.2, 0.25) is 0 Å². The number of hydrogen-bond donors (Lipinski definition) is 1. The molecule has 0 spiro atoms. The quantitative estimate of drug-likeness (QED) is 0.573. The lowest BCUT2D eigenvalue weighted by Gasteiger charge is -1.85. The molecule has 1 radical (unpaired) electrons. The fourth-order valence-electron chi connectivity index (χ4n) is 0.231. The second kappa shape index (κ2) is 3.18. The van der Waals surface area contributed by atoms with Crippen molar-refractivity contribution >= 4 is 11.8 Å². The van der Waals surface area contributed by atoms with Crippen LogP contribution in [0, 0.1) is 6.42 Å². The van der Waals surface area contributed by atoms with Crippen LogP contribution in [0.3, 0.4) is 0 Å². The van der Waals surface area contributed by atoms with Gasteiger partial charge in [-0.3, -0.25) is 9.59 Å². The Labute approximate surface area is 47.3 Å². The number of carboxylic acid groups (broad SMARTS) is 1. The lowest BCUT2D eigenvalue weighted by Crippen LogP contribution is -1.99. The van der Waals surface area contributed by atoms with Gasteiger partial charge in [-0.25, -0.2) is 0 Å². The molecule has 0 aliphatic rings. The van der Waals surface area contributed by atoms with E-state index in [-0.39, 0.29) is 12.2 Å². The molecule has 0 saturated heterocycles. The zero-order chi connectivity index (χ0) is 6.57. The molecule has 8 heavy (non-hydrogen) atoms. The Morgan fingerprint density at radius 1 is 1.62 bits per heavy atom. The number of ketones is 1. The molecular formula is C5H7O3. The number of aliphatic carboxylic acids is 1. The highest BCUT2D eigenvalue weighted by Crippen LogP contribution is 1.86. The van der Waals surface area contributed by atoms with Crippen molar-refractivity contribution in [2.75, 3.05) is 0 Å². The van der Waals surface area contributed by atoms with Gasteiger partial charge < -0.3 is 5.11 Å². The van der Waals surface area contributed by atoms with E-state index in [2.05, 4.69) is 0 Å². The maximum absolute atomic E-state index is 10.0. The van der Waals surface area contributed by atoms with Crippen molar-refractivity contribution in [1.29, 1.82) is 0 Å². The first-order valence-corrected chi connectivity index (χ1v) is 2.18. The summed E-state index contributed by atoms with van der Waals surface area (Å²) in [6.45, 7) is 1.32. The SMILES string of the molecule is CC(=O)[CH]CC(=O)O. The third-order valence-electron chi connectivity index (χ3n) is 0.564. The number of carbonyl (C=O) groups excluding carboxylic acids is 1. The van der Waals surface area contributed by atoms with Gasteiger partial charge in [0, 0.05) is 6.42 Å². The second-order valence-electron chi connectivity index (χ2n) is 1.41. The smallest absolute Gasteiger partial charge is 0.304 e. The van der Waals surface area contributed by atoms with Gasteiger partial charge in [0.15, 0.2) is 0 Å². The predicted molar refractivity (Wildman–Crippen MR) is 27.2 cm³/mol. The summed E-state index contributed by atoms with van der Waals surface area (Å²) >= 11 is 0. The summed E-state index contributed by atoms with van der Waals surface area (Å²) in [7, 11) is 0. The molecule has 0 amide bonds. The van der Waals surface area contributed by atoms with Crippen LogP contribution < -0.4 is 0 Å². The summed E-state index contributed by atoms with van der Waals surface area (Å²) < 4.78 is 0. The molecule has 0 unspecified atom stereocenters. The molecule has 0 aromatic heterocycles. The minimum absolute atomic E-state index is 0.171. The van der Waals surface area contributed by atoms with Gasteiger partial charge in [0.25, 0.3) is 0 Å². The van der Waals surface area contributed by atoms with E-state index in [1.165, 1.54) is 6.92 Å². The molecule has 45 valence electrons. The largest absolute Gasteiger partial charge is 0.481 e. The molecule has 0 fully saturated rings. The monoisotopic (exact) mass is 115 g/mol. The molecule has 0 atom stereocenters. The van der Waals surface area contributed by atoms with E-state index in [0.717, 1.165) is 6.42 Å². The van der Waals surface area contributed by atoms with E-state index in [4.69, 9.17) is 5.11 Å². The van der Waals surface area contributed by atoms with E-state index < -0.39 is 5.97 Å². The van der Waals surface area contributed by atoms with Crippen LogP contribution in [0.4, 0.5) is 0 Å². The van der Waals surface area contributed by atoms with Crippen LogP contribution in [-0.2, 0) is 9.59 Å². The summed E-state index contributed by atoms with van der Waals surface area (Å²) in [5, 5.41) is 7.98. The molecule has 3 heteroatoms. The topological polar surface area (TPSA) is 54.4 Å². The van der Waals surface area contributed by atoms with Gasteiger partial charge in [0.05, 0.1) is 6.42 Å². The zero-order valence-corrected chi connectivity index (χ0v) is 4.55. The number of rotatable bonds is 3. The van der Waals surface area contributed by atoms with Crippen molar-refractivity contribution in [3.63, 3.8) is 0 Å². The van der Waals surface area contributed by atoms with Crippen LogP contribution >= 0.6 is 0 Å². The van der Waals surface area contributed by atoms with Crippen LogP contribution in [0.5, 0.6) is 0 Å². The molecular weight excluding hydrogens is 108 g/mol. The van der Waals surface area contributed by atoms with E-state index in [1.807, 2.05) is 0 Å². The Hall–Kier alpha value is -0.860. The standard InChI is InChI=1S/C5H7O3/c1-4(6)2-3-5(7)8/h2H,3H2,1H3,(H,7,8). The van der Waals surface area contributed by atoms with Gasteiger partial charge in [0.2, 0.25) is 0 Å². The van der Waals surface area contributed by atoms with Crippen LogP contribution in [0.1, 0.15) is 13.3 Å². The number of carbonyl (C=O) groups is 2. The predicted octanol–water partition coefficient (Wildman–Crippen LogP) is 0.254.